The molecule has 0 bridgehead atoms. The van der Waals surface area contributed by atoms with Crippen LogP contribution in [0.1, 0.15) is 39.5 Å². The van der Waals surface area contributed by atoms with Crippen molar-refractivity contribution in [2.45, 2.75) is 51.6 Å². The van der Waals surface area contributed by atoms with Gasteiger partial charge in [0.2, 0.25) is 11.8 Å². The summed E-state index contributed by atoms with van der Waals surface area (Å²) in [5.41, 5.74) is 1.21. The van der Waals surface area contributed by atoms with Gasteiger partial charge in [0.15, 0.2) is 0 Å². The average Bonchev–Trinajstić information content (AvgIpc) is 2.83. The summed E-state index contributed by atoms with van der Waals surface area (Å²) in [5, 5.41) is 2.68. The van der Waals surface area contributed by atoms with Crippen molar-refractivity contribution in [3.05, 3.63) is 24.3 Å². The van der Waals surface area contributed by atoms with Gasteiger partial charge in [0.1, 0.15) is 0 Å². The quantitative estimate of drug-likeness (QED) is 0.863. The van der Waals surface area contributed by atoms with Crippen molar-refractivity contribution < 1.29 is 14.4 Å². The van der Waals surface area contributed by atoms with Crippen LogP contribution in [0.15, 0.2) is 24.3 Å². The van der Waals surface area contributed by atoms with Gasteiger partial charge in [0.25, 0.3) is 5.91 Å². The molecule has 2 atom stereocenters. The highest BCUT2D eigenvalue weighted by atomic mass is 16.2. The Labute approximate surface area is 141 Å². The third kappa shape index (κ3) is 3.19. The van der Waals surface area contributed by atoms with Gasteiger partial charge < -0.3 is 5.32 Å². The second-order valence-electron chi connectivity index (χ2n) is 6.60. The summed E-state index contributed by atoms with van der Waals surface area (Å²) in [6.07, 6.45) is 3.58. The van der Waals surface area contributed by atoms with E-state index in [1.54, 1.807) is 24.3 Å². The van der Waals surface area contributed by atoms with E-state index in [0.717, 1.165) is 19.4 Å². The van der Waals surface area contributed by atoms with Crippen LogP contribution in [-0.2, 0) is 14.4 Å². The summed E-state index contributed by atoms with van der Waals surface area (Å²) in [6.45, 7) is 4.44. The molecule has 0 spiro atoms. The number of anilines is 2. The van der Waals surface area contributed by atoms with Gasteiger partial charge in [-0.05, 0) is 50.6 Å². The Morgan fingerprint density at radius 1 is 1.17 bits per heavy atom. The zero-order chi connectivity index (χ0) is 17.3. The molecule has 0 aromatic heterocycles. The Morgan fingerprint density at radius 2 is 1.88 bits per heavy atom. The molecule has 2 aliphatic heterocycles. The molecule has 6 heteroatoms. The molecule has 2 saturated heterocycles. The maximum absolute atomic E-state index is 12.8. The lowest BCUT2D eigenvalue weighted by Crippen LogP contribution is -2.48. The first-order chi connectivity index (χ1) is 11.5. The normalized spacial score (nSPS) is 25.2. The third-order valence-electron chi connectivity index (χ3n) is 4.82. The third-order valence-corrected chi connectivity index (χ3v) is 4.82. The van der Waals surface area contributed by atoms with Gasteiger partial charge in [-0.3, -0.25) is 19.3 Å². The van der Waals surface area contributed by atoms with Crippen molar-refractivity contribution in [1.82, 2.24) is 4.90 Å². The molecule has 3 rings (SSSR count). The molecule has 6 nitrogen and oxygen atoms in total. The molecular formula is C18H23N3O3. The number of rotatable bonds is 3. The maximum atomic E-state index is 12.8. The molecule has 128 valence electrons. The summed E-state index contributed by atoms with van der Waals surface area (Å²) in [4.78, 5) is 39.8. The lowest BCUT2D eigenvalue weighted by molar-refractivity contribution is -0.123. The van der Waals surface area contributed by atoms with Gasteiger partial charge in [-0.1, -0.05) is 6.42 Å². The van der Waals surface area contributed by atoms with Gasteiger partial charge in [0, 0.05) is 18.7 Å². The SMILES string of the molecule is CC(=O)Nc1ccc(N2C(=O)CC(N3CCCCC3C)C2=O)cc1. The number of hydrogen-bond acceptors (Lipinski definition) is 4. The summed E-state index contributed by atoms with van der Waals surface area (Å²) < 4.78 is 0. The van der Waals surface area contributed by atoms with E-state index in [4.69, 9.17) is 0 Å². The number of carbonyl (C=O) groups excluding carboxylic acids is 3. The highest BCUT2D eigenvalue weighted by molar-refractivity contribution is 6.22. The van der Waals surface area contributed by atoms with Crippen LogP contribution in [0.3, 0.4) is 0 Å². The van der Waals surface area contributed by atoms with Gasteiger partial charge in [-0.2, -0.15) is 0 Å². The Morgan fingerprint density at radius 3 is 2.50 bits per heavy atom. The van der Waals surface area contributed by atoms with Crippen molar-refractivity contribution in [3.63, 3.8) is 0 Å². The number of likely N-dealkylation sites (tertiary alicyclic amines) is 1. The van der Waals surface area contributed by atoms with Crippen LogP contribution in [0.5, 0.6) is 0 Å². The van der Waals surface area contributed by atoms with Crippen molar-refractivity contribution in [2.24, 2.45) is 0 Å². The standard InChI is InChI=1S/C18H23N3O3/c1-12-5-3-4-10-20(12)16-11-17(23)21(18(16)24)15-8-6-14(7-9-15)19-13(2)22/h6-9,12,16H,3-5,10-11H2,1-2H3,(H,19,22). The molecule has 1 aromatic carbocycles. The number of nitrogens with zero attached hydrogens (tertiary/aromatic N) is 2. The highest BCUT2D eigenvalue weighted by Gasteiger charge is 2.44. The summed E-state index contributed by atoms with van der Waals surface area (Å²) in [7, 11) is 0. The largest absolute Gasteiger partial charge is 0.326 e. The molecule has 2 fully saturated rings. The Hall–Kier alpha value is -2.21. The minimum atomic E-state index is -0.345. The van der Waals surface area contributed by atoms with Crippen molar-refractivity contribution in [3.8, 4) is 0 Å². The summed E-state index contributed by atoms with van der Waals surface area (Å²) >= 11 is 0. The van der Waals surface area contributed by atoms with E-state index >= 15 is 0 Å². The number of carbonyl (C=O) groups is 3. The molecule has 24 heavy (non-hydrogen) atoms. The number of benzene rings is 1. The van der Waals surface area contributed by atoms with Crippen molar-refractivity contribution in [2.75, 3.05) is 16.8 Å². The fourth-order valence-electron chi connectivity index (χ4n) is 3.63. The fourth-order valence-corrected chi connectivity index (χ4v) is 3.63. The van der Waals surface area contributed by atoms with Crippen LogP contribution in [0.2, 0.25) is 0 Å². The van der Waals surface area contributed by atoms with Gasteiger partial charge >= 0.3 is 0 Å². The van der Waals surface area contributed by atoms with E-state index in [9.17, 15) is 14.4 Å². The Balaban J connectivity index is 1.77. The predicted octanol–water partition coefficient (Wildman–Crippen LogP) is 2.15. The van der Waals surface area contributed by atoms with E-state index in [0.29, 0.717) is 17.4 Å². The van der Waals surface area contributed by atoms with Crippen LogP contribution in [0, 0.1) is 0 Å². The Bertz CT molecular complexity index is 656. The van der Waals surface area contributed by atoms with E-state index < -0.39 is 0 Å². The van der Waals surface area contributed by atoms with Crippen LogP contribution in [0.4, 0.5) is 11.4 Å². The number of hydrogen-bond donors (Lipinski definition) is 1. The van der Waals surface area contributed by atoms with Gasteiger partial charge in [-0.25, -0.2) is 4.90 Å². The first-order valence-corrected chi connectivity index (χ1v) is 8.47. The molecule has 0 saturated carbocycles. The molecule has 1 N–H and O–H groups in total. The number of piperidine rings is 1. The molecule has 2 aliphatic rings. The lowest BCUT2D eigenvalue weighted by atomic mass is 10.0. The zero-order valence-electron chi connectivity index (χ0n) is 14.1. The lowest BCUT2D eigenvalue weighted by Gasteiger charge is -2.36. The first-order valence-electron chi connectivity index (χ1n) is 8.47. The minimum absolute atomic E-state index is 0.138. The predicted molar refractivity (Wildman–Crippen MR) is 91.7 cm³/mol. The monoisotopic (exact) mass is 329 g/mol. The second-order valence-corrected chi connectivity index (χ2v) is 6.60. The zero-order valence-corrected chi connectivity index (χ0v) is 14.1. The minimum Gasteiger partial charge on any atom is -0.326 e. The molecule has 0 radical (unpaired) electrons. The van der Waals surface area contributed by atoms with Crippen molar-refractivity contribution in [1.29, 1.82) is 0 Å². The fraction of sp³-hybridized carbons (Fsp3) is 0.500. The van der Waals surface area contributed by atoms with E-state index in [1.807, 2.05) is 0 Å². The molecule has 3 amide bonds. The van der Waals surface area contributed by atoms with Crippen LogP contribution in [-0.4, -0.2) is 41.2 Å². The molecule has 2 heterocycles. The number of nitrogens with one attached hydrogen (secondary N) is 1. The van der Waals surface area contributed by atoms with E-state index in [-0.39, 0.29) is 30.2 Å². The molecule has 2 unspecified atom stereocenters. The van der Waals surface area contributed by atoms with Gasteiger partial charge in [0.05, 0.1) is 18.2 Å². The highest BCUT2D eigenvalue weighted by Crippen LogP contribution is 2.30. The van der Waals surface area contributed by atoms with Gasteiger partial charge in [-0.15, -0.1) is 0 Å². The summed E-state index contributed by atoms with van der Waals surface area (Å²) in [6, 6.07) is 6.79. The number of amides is 3. The van der Waals surface area contributed by atoms with Crippen molar-refractivity contribution >= 4 is 29.1 Å². The number of imide groups is 1. The molecule has 1 aromatic rings. The topological polar surface area (TPSA) is 69.7 Å². The van der Waals surface area contributed by atoms with Crippen LogP contribution >= 0.6 is 0 Å². The van der Waals surface area contributed by atoms with Crippen LogP contribution < -0.4 is 10.2 Å². The smallest absolute Gasteiger partial charge is 0.251 e. The first kappa shape index (κ1) is 16.6. The van der Waals surface area contributed by atoms with Crippen LogP contribution in [0.25, 0.3) is 0 Å². The second kappa shape index (κ2) is 6.73. The molecule has 0 aliphatic carbocycles. The maximum Gasteiger partial charge on any atom is 0.251 e. The summed E-state index contributed by atoms with van der Waals surface area (Å²) in [5.74, 6) is -0.452. The van der Waals surface area contributed by atoms with E-state index in [1.165, 1.54) is 18.2 Å². The Kier molecular flexibility index (Phi) is 4.66. The average molecular weight is 329 g/mol. The molecular weight excluding hydrogens is 306 g/mol. The van der Waals surface area contributed by atoms with E-state index in [2.05, 4.69) is 17.1 Å².